The van der Waals surface area contributed by atoms with Crippen molar-refractivity contribution in [3.05, 3.63) is 24.3 Å². The van der Waals surface area contributed by atoms with Gasteiger partial charge in [-0.2, -0.15) is 0 Å². The zero-order chi connectivity index (χ0) is 25.3. The largest absolute Gasteiger partial charge is 0.497 e. The fraction of sp³-hybridized carbons (Fsp3) is 0.708. The van der Waals surface area contributed by atoms with Gasteiger partial charge in [0.2, 0.25) is 0 Å². The molecule has 2 saturated heterocycles. The van der Waals surface area contributed by atoms with Crippen LogP contribution in [0.25, 0.3) is 0 Å². The summed E-state index contributed by atoms with van der Waals surface area (Å²) in [6.07, 6.45) is 6.37. The number of hydroxylamine groups is 1. The molecule has 2 aliphatic rings. The lowest BCUT2D eigenvalue weighted by atomic mass is 10.1. The number of likely N-dealkylation sites (tertiary alicyclic amines) is 2. The van der Waals surface area contributed by atoms with Gasteiger partial charge in [-0.05, 0) is 76.1 Å². The van der Waals surface area contributed by atoms with Gasteiger partial charge < -0.3 is 34.9 Å². The summed E-state index contributed by atoms with van der Waals surface area (Å²) in [6.45, 7) is 5.79. The number of hydrogen-bond donors (Lipinski definition) is 5. The number of β-amino-alcohol motifs (C(OH)–C–C–N with tert-alkyl or cyclic N) is 2. The van der Waals surface area contributed by atoms with Crippen molar-refractivity contribution < 1.29 is 29.4 Å². The van der Waals surface area contributed by atoms with Gasteiger partial charge in [-0.15, -0.1) is 0 Å². The third-order valence-electron chi connectivity index (χ3n) is 5.91. The highest BCUT2D eigenvalue weighted by Crippen LogP contribution is 2.14. The van der Waals surface area contributed by atoms with Gasteiger partial charge >= 0.3 is 6.03 Å². The normalized spacial score (nSPS) is 18.6. The minimum Gasteiger partial charge on any atom is -0.497 e. The van der Waals surface area contributed by atoms with Gasteiger partial charge in [-0.3, -0.25) is 4.84 Å². The summed E-state index contributed by atoms with van der Waals surface area (Å²) in [5.41, 5.74) is 2.89. The predicted molar refractivity (Wildman–Crippen MR) is 134 cm³/mol. The number of carbonyl (C=O) groups excluding carboxylic acids is 1. The summed E-state index contributed by atoms with van der Waals surface area (Å²) in [5.74, 6) is 5.57. The topological polar surface area (TPSA) is 142 Å². The van der Waals surface area contributed by atoms with Crippen molar-refractivity contribution in [2.24, 2.45) is 5.90 Å². The standard InChI is InChI=1S/C16H25N3O4.C8H18N2O2/c1-22-15-7-5-13(6-8-15)17-16(21)18-23-12-14(20)11-19-9-3-2-4-10-19;9-12-7-8(11)6-10-4-2-1-3-5-10/h5-8,14,20H,2-4,9-12H2,1H3,(H2,17,18,21);8,11H,1-7,9H2. The van der Waals surface area contributed by atoms with Crippen LogP contribution in [-0.2, 0) is 9.68 Å². The molecule has 0 spiro atoms. The number of piperidine rings is 2. The number of nitrogens with two attached hydrogens (primary N) is 1. The molecule has 0 aromatic heterocycles. The summed E-state index contributed by atoms with van der Waals surface area (Å²) in [7, 11) is 1.58. The number of urea groups is 1. The minimum atomic E-state index is -0.616. The first-order valence-corrected chi connectivity index (χ1v) is 12.5. The maximum atomic E-state index is 11.7. The van der Waals surface area contributed by atoms with E-state index in [1.165, 1.54) is 38.5 Å². The van der Waals surface area contributed by atoms with Crippen molar-refractivity contribution in [2.75, 3.05) is 64.9 Å². The number of hydrogen-bond acceptors (Lipinski definition) is 9. The van der Waals surface area contributed by atoms with E-state index in [0.717, 1.165) is 26.2 Å². The fourth-order valence-electron chi connectivity index (χ4n) is 4.13. The number of methoxy groups -OCH3 is 1. The first kappa shape index (κ1) is 29.2. The van der Waals surface area contributed by atoms with Gasteiger partial charge in [0.25, 0.3) is 0 Å². The van der Waals surface area contributed by atoms with E-state index in [1.807, 2.05) is 0 Å². The number of anilines is 1. The Kier molecular flexibility index (Phi) is 14.6. The van der Waals surface area contributed by atoms with Crippen molar-refractivity contribution in [2.45, 2.75) is 50.7 Å². The molecule has 2 heterocycles. The highest BCUT2D eigenvalue weighted by Gasteiger charge is 2.15. The van der Waals surface area contributed by atoms with Crippen molar-refractivity contribution in [1.82, 2.24) is 15.3 Å². The maximum Gasteiger partial charge on any atom is 0.343 e. The summed E-state index contributed by atoms with van der Waals surface area (Å²) in [6, 6.07) is 6.46. The molecule has 1 aromatic rings. The highest BCUT2D eigenvalue weighted by atomic mass is 16.7. The number of carbonyl (C=O) groups is 1. The van der Waals surface area contributed by atoms with Crippen LogP contribution in [0.4, 0.5) is 10.5 Å². The number of aliphatic hydroxyl groups excluding tert-OH is 2. The number of rotatable bonds is 11. The molecule has 2 aliphatic heterocycles. The fourth-order valence-corrected chi connectivity index (χ4v) is 4.13. The Bertz CT molecular complexity index is 683. The molecule has 11 heteroatoms. The second kappa shape index (κ2) is 17.4. The quantitative estimate of drug-likeness (QED) is 0.286. The summed E-state index contributed by atoms with van der Waals surface area (Å²) >= 11 is 0. The SMILES string of the molecule is COc1ccc(NC(=O)NOCC(O)CN2CCCCC2)cc1.NOCC(O)CN1CCCCC1. The van der Waals surface area contributed by atoms with Crippen molar-refractivity contribution in [3.63, 3.8) is 0 Å². The van der Waals surface area contributed by atoms with Gasteiger partial charge in [0.05, 0.1) is 25.9 Å². The Hall–Kier alpha value is -1.99. The summed E-state index contributed by atoms with van der Waals surface area (Å²) in [5, 5.41) is 21.9. The Labute approximate surface area is 208 Å². The van der Waals surface area contributed by atoms with Gasteiger partial charge in [0, 0.05) is 18.8 Å². The molecule has 0 aliphatic carbocycles. The molecular formula is C24H43N5O6. The predicted octanol–water partition coefficient (Wildman–Crippen LogP) is 1.32. The number of aliphatic hydroxyl groups is 2. The van der Waals surface area contributed by atoms with Crippen LogP contribution >= 0.6 is 0 Å². The molecule has 3 rings (SSSR count). The van der Waals surface area contributed by atoms with Crippen LogP contribution in [0.1, 0.15) is 38.5 Å². The van der Waals surface area contributed by atoms with Crippen molar-refractivity contribution in [3.8, 4) is 5.75 Å². The van der Waals surface area contributed by atoms with E-state index in [9.17, 15) is 15.0 Å². The van der Waals surface area contributed by atoms with E-state index in [2.05, 4.69) is 25.4 Å². The molecule has 2 atom stereocenters. The Morgan fingerprint density at radius 2 is 1.43 bits per heavy atom. The molecular weight excluding hydrogens is 454 g/mol. The van der Waals surface area contributed by atoms with E-state index < -0.39 is 18.2 Å². The zero-order valence-corrected chi connectivity index (χ0v) is 20.9. The number of amides is 2. The molecule has 11 nitrogen and oxygen atoms in total. The average molecular weight is 498 g/mol. The lowest BCUT2D eigenvalue weighted by molar-refractivity contribution is -0.0156. The molecule has 2 amide bonds. The first-order valence-electron chi connectivity index (χ1n) is 12.5. The monoisotopic (exact) mass is 497 g/mol. The Balaban J connectivity index is 0.000000303. The molecule has 6 N–H and O–H groups in total. The smallest absolute Gasteiger partial charge is 0.343 e. The van der Waals surface area contributed by atoms with Crippen LogP contribution in [0.5, 0.6) is 5.75 Å². The van der Waals surface area contributed by atoms with E-state index >= 15 is 0 Å². The van der Waals surface area contributed by atoms with E-state index in [4.69, 9.17) is 15.5 Å². The van der Waals surface area contributed by atoms with Crippen LogP contribution in [0, 0.1) is 0 Å². The van der Waals surface area contributed by atoms with Gasteiger partial charge in [0.15, 0.2) is 0 Å². The van der Waals surface area contributed by atoms with E-state index in [0.29, 0.717) is 24.5 Å². The third-order valence-corrected chi connectivity index (χ3v) is 5.91. The van der Waals surface area contributed by atoms with Crippen LogP contribution in [-0.4, -0.2) is 97.8 Å². The molecule has 2 fully saturated rings. The minimum absolute atomic E-state index is 0.0620. The molecule has 1 aromatic carbocycles. The van der Waals surface area contributed by atoms with Crippen LogP contribution in [0.2, 0.25) is 0 Å². The maximum absolute atomic E-state index is 11.7. The molecule has 2 unspecified atom stereocenters. The van der Waals surface area contributed by atoms with Crippen LogP contribution in [0.15, 0.2) is 24.3 Å². The van der Waals surface area contributed by atoms with E-state index in [1.54, 1.807) is 31.4 Å². The molecule has 200 valence electrons. The third kappa shape index (κ3) is 13.0. The second-order valence-corrected chi connectivity index (χ2v) is 8.96. The molecule has 35 heavy (non-hydrogen) atoms. The Morgan fingerprint density at radius 3 is 1.91 bits per heavy atom. The lowest BCUT2D eigenvalue weighted by Crippen LogP contribution is -2.40. The summed E-state index contributed by atoms with van der Waals surface area (Å²) < 4.78 is 5.04. The van der Waals surface area contributed by atoms with E-state index in [-0.39, 0.29) is 13.2 Å². The number of benzene rings is 1. The number of nitrogens with one attached hydrogen (secondary N) is 2. The second-order valence-electron chi connectivity index (χ2n) is 8.96. The average Bonchev–Trinajstić information content (AvgIpc) is 2.86. The molecule has 0 radical (unpaired) electrons. The van der Waals surface area contributed by atoms with Crippen LogP contribution < -0.4 is 21.4 Å². The van der Waals surface area contributed by atoms with Crippen LogP contribution in [0.3, 0.4) is 0 Å². The first-order chi connectivity index (χ1) is 17.0. The van der Waals surface area contributed by atoms with Gasteiger partial charge in [-0.25, -0.2) is 16.2 Å². The van der Waals surface area contributed by atoms with Crippen molar-refractivity contribution in [1.29, 1.82) is 0 Å². The van der Waals surface area contributed by atoms with Crippen molar-refractivity contribution >= 4 is 11.7 Å². The number of ether oxygens (including phenoxy) is 1. The molecule has 0 bridgehead atoms. The molecule has 0 saturated carbocycles. The van der Waals surface area contributed by atoms with Gasteiger partial charge in [-0.1, -0.05) is 12.8 Å². The highest BCUT2D eigenvalue weighted by molar-refractivity contribution is 5.88. The van der Waals surface area contributed by atoms with Gasteiger partial charge in [0.1, 0.15) is 12.4 Å². The summed E-state index contributed by atoms with van der Waals surface area (Å²) in [4.78, 5) is 25.6. The Morgan fingerprint density at radius 1 is 0.914 bits per heavy atom. The zero-order valence-electron chi connectivity index (χ0n) is 20.9. The number of nitrogens with zero attached hydrogens (tertiary/aromatic N) is 2. The lowest BCUT2D eigenvalue weighted by Gasteiger charge is -2.28.